The van der Waals surface area contributed by atoms with E-state index in [0.717, 1.165) is 11.3 Å². The van der Waals surface area contributed by atoms with E-state index in [0.29, 0.717) is 23.6 Å². The number of carbonyl (C=O) groups is 2. The Morgan fingerprint density at radius 1 is 1.22 bits per heavy atom. The fourth-order valence-electron chi connectivity index (χ4n) is 2.73. The standard InChI is InChI=1S/C18H17ClN2O2/c1-12-3-2-4-13(9-12)18(23)20-15-10-17(22)21(11-15)16-7-5-14(19)6-8-16/h2-9,15H,10-11H2,1H3,(H,20,23)/t15-/m0/s1. The van der Waals surface area contributed by atoms with E-state index < -0.39 is 0 Å². The first-order valence-electron chi connectivity index (χ1n) is 7.46. The maximum atomic E-state index is 12.3. The summed E-state index contributed by atoms with van der Waals surface area (Å²) in [5.41, 5.74) is 2.44. The van der Waals surface area contributed by atoms with Gasteiger partial charge in [-0.25, -0.2) is 0 Å². The highest BCUT2D eigenvalue weighted by Crippen LogP contribution is 2.23. The number of amides is 2. The minimum atomic E-state index is -0.189. The molecule has 0 aromatic heterocycles. The summed E-state index contributed by atoms with van der Waals surface area (Å²) < 4.78 is 0. The van der Waals surface area contributed by atoms with Crippen LogP contribution in [0.1, 0.15) is 22.3 Å². The number of hydrogen-bond donors (Lipinski definition) is 1. The highest BCUT2D eigenvalue weighted by atomic mass is 35.5. The molecule has 0 unspecified atom stereocenters. The molecule has 5 heteroatoms. The van der Waals surface area contributed by atoms with Gasteiger partial charge in [0.1, 0.15) is 0 Å². The maximum absolute atomic E-state index is 12.3. The predicted molar refractivity (Wildman–Crippen MR) is 90.9 cm³/mol. The van der Waals surface area contributed by atoms with Crippen molar-refractivity contribution < 1.29 is 9.59 Å². The Kier molecular flexibility index (Phi) is 4.35. The lowest BCUT2D eigenvalue weighted by atomic mass is 10.1. The molecule has 2 aromatic rings. The summed E-state index contributed by atoms with van der Waals surface area (Å²) in [6.07, 6.45) is 0.306. The van der Waals surface area contributed by atoms with Gasteiger partial charge in [0.15, 0.2) is 0 Å². The molecular formula is C18H17ClN2O2. The third kappa shape index (κ3) is 3.54. The van der Waals surface area contributed by atoms with Gasteiger partial charge in [0.25, 0.3) is 5.91 Å². The maximum Gasteiger partial charge on any atom is 0.251 e. The van der Waals surface area contributed by atoms with Crippen molar-refractivity contribution in [3.63, 3.8) is 0 Å². The molecule has 0 bridgehead atoms. The number of rotatable bonds is 3. The van der Waals surface area contributed by atoms with Gasteiger partial charge in [0.05, 0.1) is 6.04 Å². The second kappa shape index (κ2) is 6.42. The summed E-state index contributed by atoms with van der Waals surface area (Å²) >= 11 is 5.87. The van der Waals surface area contributed by atoms with Crippen molar-refractivity contribution in [3.05, 3.63) is 64.7 Å². The van der Waals surface area contributed by atoms with Crippen molar-refractivity contribution in [1.29, 1.82) is 0 Å². The highest BCUT2D eigenvalue weighted by Gasteiger charge is 2.31. The molecule has 1 atom stereocenters. The van der Waals surface area contributed by atoms with E-state index >= 15 is 0 Å². The van der Waals surface area contributed by atoms with Crippen LogP contribution in [0.3, 0.4) is 0 Å². The number of benzene rings is 2. The van der Waals surface area contributed by atoms with E-state index in [1.807, 2.05) is 37.3 Å². The Balaban J connectivity index is 1.68. The van der Waals surface area contributed by atoms with Crippen LogP contribution in [-0.2, 0) is 4.79 Å². The molecule has 3 rings (SSSR count). The van der Waals surface area contributed by atoms with Crippen molar-refractivity contribution in [1.82, 2.24) is 5.32 Å². The van der Waals surface area contributed by atoms with Crippen molar-refractivity contribution in [2.75, 3.05) is 11.4 Å². The SMILES string of the molecule is Cc1cccc(C(=O)N[C@H]2CC(=O)N(c3ccc(Cl)cc3)C2)c1. The van der Waals surface area contributed by atoms with Gasteiger partial charge in [0, 0.05) is 29.2 Å². The summed E-state index contributed by atoms with van der Waals surface area (Å²) in [5, 5.41) is 3.57. The number of halogens is 1. The van der Waals surface area contributed by atoms with E-state index in [-0.39, 0.29) is 17.9 Å². The molecule has 23 heavy (non-hydrogen) atoms. The zero-order chi connectivity index (χ0) is 16.4. The third-order valence-corrected chi connectivity index (χ3v) is 4.13. The zero-order valence-corrected chi connectivity index (χ0v) is 13.5. The smallest absolute Gasteiger partial charge is 0.251 e. The molecule has 1 saturated heterocycles. The van der Waals surface area contributed by atoms with Gasteiger partial charge in [-0.05, 0) is 43.3 Å². The number of carbonyl (C=O) groups excluding carboxylic acids is 2. The number of nitrogens with one attached hydrogen (secondary N) is 1. The van der Waals surface area contributed by atoms with Gasteiger partial charge < -0.3 is 10.2 Å². The Morgan fingerprint density at radius 2 is 1.96 bits per heavy atom. The topological polar surface area (TPSA) is 49.4 Å². The minimum absolute atomic E-state index is 0.00173. The van der Waals surface area contributed by atoms with Crippen LogP contribution in [0, 0.1) is 6.92 Å². The van der Waals surface area contributed by atoms with Gasteiger partial charge in [-0.2, -0.15) is 0 Å². The average Bonchev–Trinajstić information content (AvgIpc) is 2.88. The lowest BCUT2D eigenvalue weighted by molar-refractivity contribution is -0.117. The summed E-state index contributed by atoms with van der Waals surface area (Å²) in [6.45, 7) is 2.41. The fraction of sp³-hybridized carbons (Fsp3) is 0.222. The Bertz CT molecular complexity index is 743. The highest BCUT2D eigenvalue weighted by molar-refractivity contribution is 6.30. The number of anilines is 1. The number of hydrogen-bond acceptors (Lipinski definition) is 2. The summed E-state index contributed by atoms with van der Waals surface area (Å²) in [7, 11) is 0. The van der Waals surface area contributed by atoms with Crippen LogP contribution in [0.4, 0.5) is 5.69 Å². The Hall–Kier alpha value is -2.33. The van der Waals surface area contributed by atoms with Crippen LogP contribution in [0.2, 0.25) is 5.02 Å². The monoisotopic (exact) mass is 328 g/mol. The molecule has 1 aliphatic heterocycles. The van der Waals surface area contributed by atoms with Crippen LogP contribution >= 0.6 is 11.6 Å². The van der Waals surface area contributed by atoms with Crippen molar-refractivity contribution in [2.45, 2.75) is 19.4 Å². The van der Waals surface area contributed by atoms with Gasteiger partial charge in [-0.1, -0.05) is 29.3 Å². The molecule has 1 N–H and O–H groups in total. The van der Waals surface area contributed by atoms with Crippen LogP contribution in [0.25, 0.3) is 0 Å². The molecule has 2 amide bonds. The first kappa shape index (κ1) is 15.6. The van der Waals surface area contributed by atoms with Gasteiger partial charge >= 0.3 is 0 Å². The molecular weight excluding hydrogens is 312 g/mol. The number of aryl methyl sites for hydroxylation is 1. The van der Waals surface area contributed by atoms with E-state index in [4.69, 9.17) is 11.6 Å². The second-order valence-corrected chi connectivity index (χ2v) is 6.16. The summed E-state index contributed by atoms with van der Waals surface area (Å²) in [4.78, 5) is 26.2. The van der Waals surface area contributed by atoms with E-state index in [1.165, 1.54) is 0 Å². The molecule has 4 nitrogen and oxygen atoms in total. The molecule has 0 saturated carbocycles. The Labute approximate surface area is 140 Å². The third-order valence-electron chi connectivity index (χ3n) is 3.88. The second-order valence-electron chi connectivity index (χ2n) is 5.72. The lowest BCUT2D eigenvalue weighted by Gasteiger charge is -2.17. The van der Waals surface area contributed by atoms with Crippen molar-refractivity contribution >= 4 is 29.1 Å². The molecule has 2 aromatic carbocycles. The van der Waals surface area contributed by atoms with Gasteiger partial charge in [-0.3, -0.25) is 9.59 Å². The van der Waals surface area contributed by atoms with Crippen LogP contribution in [0.5, 0.6) is 0 Å². The quantitative estimate of drug-likeness (QED) is 0.940. The molecule has 0 aliphatic carbocycles. The fourth-order valence-corrected chi connectivity index (χ4v) is 2.86. The first-order valence-corrected chi connectivity index (χ1v) is 7.84. The first-order chi connectivity index (χ1) is 11.0. The van der Waals surface area contributed by atoms with Gasteiger partial charge in [-0.15, -0.1) is 0 Å². The van der Waals surface area contributed by atoms with E-state index in [1.54, 1.807) is 23.1 Å². The molecule has 1 heterocycles. The summed E-state index contributed by atoms with van der Waals surface area (Å²) in [6, 6.07) is 14.3. The van der Waals surface area contributed by atoms with Crippen molar-refractivity contribution in [2.24, 2.45) is 0 Å². The summed E-state index contributed by atoms with van der Waals surface area (Å²) in [5.74, 6) is -0.147. The largest absolute Gasteiger partial charge is 0.347 e. The minimum Gasteiger partial charge on any atom is -0.347 e. The predicted octanol–water partition coefficient (Wildman–Crippen LogP) is 3.18. The molecule has 1 aliphatic rings. The Morgan fingerprint density at radius 3 is 2.65 bits per heavy atom. The molecule has 118 valence electrons. The van der Waals surface area contributed by atoms with E-state index in [2.05, 4.69) is 5.32 Å². The molecule has 0 radical (unpaired) electrons. The normalized spacial score (nSPS) is 17.4. The van der Waals surface area contributed by atoms with Crippen LogP contribution in [0.15, 0.2) is 48.5 Å². The zero-order valence-electron chi connectivity index (χ0n) is 12.8. The average molecular weight is 329 g/mol. The van der Waals surface area contributed by atoms with E-state index in [9.17, 15) is 9.59 Å². The molecule has 0 spiro atoms. The van der Waals surface area contributed by atoms with Crippen molar-refractivity contribution in [3.8, 4) is 0 Å². The van der Waals surface area contributed by atoms with Crippen LogP contribution < -0.4 is 10.2 Å². The van der Waals surface area contributed by atoms with Crippen LogP contribution in [-0.4, -0.2) is 24.4 Å². The van der Waals surface area contributed by atoms with Gasteiger partial charge in [0.2, 0.25) is 5.91 Å². The lowest BCUT2D eigenvalue weighted by Crippen LogP contribution is -2.37. The molecule has 1 fully saturated rings. The number of nitrogens with zero attached hydrogens (tertiary/aromatic N) is 1.